The van der Waals surface area contributed by atoms with Crippen LogP contribution in [0.1, 0.15) is 28.4 Å². The number of rotatable bonds is 5. The summed E-state index contributed by atoms with van der Waals surface area (Å²) in [6.07, 6.45) is 3.46. The van der Waals surface area contributed by atoms with Crippen molar-refractivity contribution in [2.45, 2.75) is 6.10 Å². The Bertz CT molecular complexity index is 1220. The largest absolute Gasteiger partial charge is 0.386 e. The highest BCUT2D eigenvalue weighted by Gasteiger charge is 2.25. The molecule has 3 aromatic carbocycles. The number of allylic oxidation sites excluding steroid dienone is 2. The Morgan fingerprint density at radius 2 is 1.28 bits per heavy atom. The molecule has 1 unspecified atom stereocenters. The van der Waals surface area contributed by atoms with E-state index in [4.69, 9.17) is 0 Å². The highest BCUT2D eigenvalue weighted by atomic mass is 79.9. The lowest BCUT2D eigenvalue weighted by molar-refractivity contribution is 0.238. The van der Waals surface area contributed by atoms with Crippen LogP contribution < -0.4 is 10.6 Å². The molecular weight excluding hydrogens is 664 g/mol. The molecule has 3 nitrogen and oxygen atoms in total. The Morgan fingerprint density at radius 3 is 1.81 bits per heavy atom. The minimum atomic E-state index is -0.759. The third-order valence-electron chi connectivity index (χ3n) is 5.42. The van der Waals surface area contributed by atoms with Gasteiger partial charge in [-0.2, -0.15) is 0 Å². The van der Waals surface area contributed by atoms with Gasteiger partial charge in [0.1, 0.15) is 6.10 Å². The van der Waals surface area contributed by atoms with Gasteiger partial charge in [-0.05, 0) is 134 Å². The summed E-state index contributed by atoms with van der Waals surface area (Å²) < 4.78 is 3.75. The van der Waals surface area contributed by atoms with Crippen LogP contribution in [0, 0.1) is 0 Å². The first-order valence-corrected chi connectivity index (χ1v) is 13.1. The van der Waals surface area contributed by atoms with E-state index < -0.39 is 6.10 Å². The van der Waals surface area contributed by atoms with E-state index in [-0.39, 0.29) is 0 Å². The predicted molar refractivity (Wildman–Crippen MR) is 150 cm³/mol. The van der Waals surface area contributed by atoms with Gasteiger partial charge in [-0.15, -0.1) is 0 Å². The molecule has 0 aliphatic heterocycles. The smallest absolute Gasteiger partial charge is 0.105 e. The molecule has 0 amide bonds. The van der Waals surface area contributed by atoms with Gasteiger partial charge in [0.25, 0.3) is 0 Å². The molecule has 4 rings (SSSR count). The molecule has 7 heteroatoms. The molecule has 0 saturated heterocycles. The molecule has 1 aliphatic carbocycles. The lowest BCUT2D eigenvalue weighted by Gasteiger charge is -2.17. The number of aliphatic hydroxyl groups excluding tert-OH is 1. The van der Waals surface area contributed by atoms with E-state index in [1.54, 1.807) is 0 Å². The number of hydrogen-bond donors (Lipinski definition) is 3. The molecule has 0 radical (unpaired) electrons. The highest BCUT2D eigenvalue weighted by molar-refractivity contribution is 9.11. The molecule has 0 heterocycles. The standard InChI is InChI=1S/C25H20Br4N2O/c1-30-23-19(26)8-13(9-20(23)27)7-14-10-18(17-6-4-3-5-16(14)17)25(32)15-11-21(28)24(31-2)22(29)12-15/h3-12,25,30-32H,1-2H3/b14-7+. The molecular formula is C25H20Br4N2O. The van der Waals surface area contributed by atoms with Crippen molar-refractivity contribution in [3.05, 3.63) is 94.8 Å². The molecule has 164 valence electrons. The number of nitrogens with one attached hydrogen (secondary N) is 2. The Kier molecular flexibility index (Phi) is 7.32. The number of aliphatic hydroxyl groups is 1. The van der Waals surface area contributed by atoms with Crippen LogP contribution >= 0.6 is 63.7 Å². The maximum atomic E-state index is 11.3. The maximum absolute atomic E-state index is 11.3. The molecule has 0 saturated carbocycles. The molecule has 0 fully saturated rings. The summed E-state index contributed by atoms with van der Waals surface area (Å²) in [5.74, 6) is 0. The van der Waals surface area contributed by atoms with Crippen LogP contribution in [0.5, 0.6) is 0 Å². The van der Waals surface area contributed by atoms with Gasteiger partial charge in [-0.1, -0.05) is 24.3 Å². The van der Waals surface area contributed by atoms with Crippen molar-refractivity contribution in [2.24, 2.45) is 0 Å². The summed E-state index contributed by atoms with van der Waals surface area (Å²) in [7, 11) is 3.76. The molecule has 3 aromatic rings. The van der Waals surface area contributed by atoms with Crippen LogP contribution in [0.2, 0.25) is 0 Å². The number of fused-ring (bicyclic) bond motifs is 1. The lowest BCUT2D eigenvalue weighted by Crippen LogP contribution is -2.02. The average Bonchev–Trinajstić information content (AvgIpc) is 3.11. The summed E-state index contributed by atoms with van der Waals surface area (Å²) in [6.45, 7) is 0. The first-order chi connectivity index (χ1) is 15.3. The van der Waals surface area contributed by atoms with E-state index in [2.05, 4.69) is 111 Å². The quantitative estimate of drug-likeness (QED) is 0.253. The number of benzene rings is 3. The van der Waals surface area contributed by atoms with Gasteiger partial charge in [0.2, 0.25) is 0 Å². The number of halogens is 4. The summed E-state index contributed by atoms with van der Waals surface area (Å²) >= 11 is 14.5. The topological polar surface area (TPSA) is 44.3 Å². The first kappa shape index (κ1) is 23.8. The molecule has 3 N–H and O–H groups in total. The molecule has 0 spiro atoms. The predicted octanol–water partition coefficient (Wildman–Crippen LogP) is 8.49. The Balaban J connectivity index is 1.79. The molecule has 0 bridgehead atoms. The Hall–Kier alpha value is -1.38. The van der Waals surface area contributed by atoms with Crippen LogP contribution in [0.4, 0.5) is 11.4 Å². The fraction of sp³-hybridized carbons (Fsp3) is 0.120. The van der Waals surface area contributed by atoms with Crippen LogP contribution in [0.15, 0.2) is 72.5 Å². The van der Waals surface area contributed by atoms with Crippen LogP contribution in [-0.2, 0) is 0 Å². The van der Waals surface area contributed by atoms with E-state index in [0.717, 1.165) is 62.7 Å². The minimum absolute atomic E-state index is 0.759. The number of hydrogen-bond acceptors (Lipinski definition) is 3. The maximum Gasteiger partial charge on any atom is 0.105 e. The van der Waals surface area contributed by atoms with Crippen LogP contribution in [-0.4, -0.2) is 19.2 Å². The van der Waals surface area contributed by atoms with E-state index in [1.165, 1.54) is 0 Å². The van der Waals surface area contributed by atoms with Gasteiger partial charge >= 0.3 is 0 Å². The van der Waals surface area contributed by atoms with Crippen molar-refractivity contribution in [2.75, 3.05) is 24.7 Å². The lowest BCUT2D eigenvalue weighted by atomic mass is 9.96. The van der Waals surface area contributed by atoms with Gasteiger partial charge < -0.3 is 15.7 Å². The van der Waals surface area contributed by atoms with Gasteiger partial charge in [0.15, 0.2) is 0 Å². The van der Waals surface area contributed by atoms with E-state index in [0.29, 0.717) is 0 Å². The monoisotopic (exact) mass is 680 g/mol. The SMILES string of the molecule is CNc1c(Br)cc(/C=C2\C=C(C(O)c3cc(Br)c(NC)c(Br)c3)c3ccccc32)cc1Br. The van der Waals surface area contributed by atoms with Gasteiger partial charge in [-0.3, -0.25) is 0 Å². The zero-order valence-corrected chi connectivity index (χ0v) is 23.7. The fourth-order valence-electron chi connectivity index (χ4n) is 3.92. The third-order valence-corrected chi connectivity index (χ3v) is 7.92. The van der Waals surface area contributed by atoms with Gasteiger partial charge in [0.05, 0.1) is 11.4 Å². The van der Waals surface area contributed by atoms with Crippen molar-refractivity contribution in [3.63, 3.8) is 0 Å². The first-order valence-electron chi connectivity index (χ1n) is 9.88. The summed E-state index contributed by atoms with van der Waals surface area (Å²) in [5.41, 5.74) is 7.92. The van der Waals surface area contributed by atoms with Crippen LogP contribution in [0.25, 0.3) is 17.2 Å². The van der Waals surface area contributed by atoms with Crippen molar-refractivity contribution in [1.82, 2.24) is 0 Å². The zero-order chi connectivity index (χ0) is 23.0. The van der Waals surface area contributed by atoms with Gasteiger partial charge in [0, 0.05) is 32.0 Å². The Labute approximate surface area is 221 Å². The number of anilines is 2. The van der Waals surface area contributed by atoms with Crippen molar-refractivity contribution < 1.29 is 5.11 Å². The van der Waals surface area contributed by atoms with Gasteiger partial charge in [-0.25, -0.2) is 0 Å². The Morgan fingerprint density at radius 1 is 0.781 bits per heavy atom. The van der Waals surface area contributed by atoms with Crippen molar-refractivity contribution in [1.29, 1.82) is 0 Å². The van der Waals surface area contributed by atoms with Crippen molar-refractivity contribution in [3.8, 4) is 0 Å². The molecule has 32 heavy (non-hydrogen) atoms. The summed E-state index contributed by atoms with van der Waals surface area (Å²) in [4.78, 5) is 0. The second-order valence-corrected chi connectivity index (χ2v) is 10.8. The zero-order valence-electron chi connectivity index (χ0n) is 17.3. The minimum Gasteiger partial charge on any atom is -0.386 e. The molecule has 1 aliphatic rings. The third kappa shape index (κ3) is 4.50. The van der Waals surface area contributed by atoms with E-state index >= 15 is 0 Å². The second-order valence-electron chi connectivity index (χ2n) is 7.37. The molecule has 0 aromatic heterocycles. The van der Waals surface area contributed by atoms with E-state index in [9.17, 15) is 5.11 Å². The normalized spacial score (nSPS) is 14.8. The van der Waals surface area contributed by atoms with E-state index in [1.807, 2.05) is 38.4 Å². The fourth-order valence-corrected chi connectivity index (χ4v) is 7.16. The molecule has 1 atom stereocenters. The summed E-state index contributed by atoms with van der Waals surface area (Å²) in [6, 6.07) is 16.3. The van der Waals surface area contributed by atoms with Crippen LogP contribution in [0.3, 0.4) is 0 Å². The second kappa shape index (κ2) is 9.85. The summed E-state index contributed by atoms with van der Waals surface area (Å²) in [5, 5.41) is 17.7. The average molecular weight is 684 g/mol. The van der Waals surface area contributed by atoms with Crippen molar-refractivity contribution >= 4 is 92.3 Å². The highest BCUT2D eigenvalue weighted by Crippen LogP contribution is 2.45.